The molecular weight excluding hydrogens is 309 g/mol. The zero-order chi connectivity index (χ0) is 16.7. The van der Waals surface area contributed by atoms with E-state index >= 15 is 0 Å². The van der Waals surface area contributed by atoms with Gasteiger partial charge < -0.3 is 5.32 Å². The van der Waals surface area contributed by atoms with Crippen LogP contribution in [0.5, 0.6) is 0 Å². The molecular formula is C16H14FN7. The van der Waals surface area contributed by atoms with Gasteiger partial charge in [0, 0.05) is 11.3 Å². The Bertz CT molecular complexity index is 1030. The summed E-state index contributed by atoms with van der Waals surface area (Å²) in [4.78, 5) is 8.50. The number of halogens is 1. The lowest BCUT2D eigenvalue weighted by Gasteiger charge is -2.10. The summed E-state index contributed by atoms with van der Waals surface area (Å²) in [5.41, 5.74) is 2.91. The van der Waals surface area contributed by atoms with E-state index in [0.29, 0.717) is 17.2 Å². The highest BCUT2D eigenvalue weighted by atomic mass is 19.1. The van der Waals surface area contributed by atoms with Crippen molar-refractivity contribution >= 4 is 17.3 Å². The first-order valence-corrected chi connectivity index (χ1v) is 7.37. The van der Waals surface area contributed by atoms with Crippen LogP contribution in [0.3, 0.4) is 0 Å². The maximum atomic E-state index is 13.9. The van der Waals surface area contributed by atoms with E-state index in [0.717, 1.165) is 17.1 Å². The molecule has 4 rings (SSSR count). The van der Waals surface area contributed by atoms with E-state index in [-0.39, 0.29) is 5.82 Å². The molecule has 0 aliphatic carbocycles. The Hall–Kier alpha value is -3.29. The molecule has 120 valence electrons. The van der Waals surface area contributed by atoms with E-state index < -0.39 is 0 Å². The lowest BCUT2D eigenvalue weighted by atomic mass is 10.2. The Morgan fingerprint density at radius 1 is 1.12 bits per heavy atom. The van der Waals surface area contributed by atoms with Crippen LogP contribution < -0.4 is 5.32 Å². The van der Waals surface area contributed by atoms with E-state index in [9.17, 15) is 4.39 Å². The minimum atomic E-state index is -0.332. The van der Waals surface area contributed by atoms with Crippen molar-refractivity contribution in [1.82, 2.24) is 29.4 Å². The molecule has 7 nitrogen and oxygen atoms in total. The van der Waals surface area contributed by atoms with E-state index in [1.807, 2.05) is 13.8 Å². The molecule has 0 bridgehead atoms. The molecule has 3 heterocycles. The molecule has 8 heteroatoms. The smallest absolute Gasteiger partial charge is 0.254 e. The number of aryl methyl sites for hydroxylation is 1. The fraction of sp³-hybridized carbons (Fsp3) is 0.125. The van der Waals surface area contributed by atoms with Gasteiger partial charge in [0.25, 0.3) is 5.78 Å². The van der Waals surface area contributed by atoms with Crippen molar-refractivity contribution in [3.8, 4) is 5.69 Å². The third-order valence-electron chi connectivity index (χ3n) is 3.85. The van der Waals surface area contributed by atoms with Gasteiger partial charge in [-0.15, -0.1) is 0 Å². The van der Waals surface area contributed by atoms with Crippen LogP contribution in [0, 0.1) is 19.7 Å². The Balaban J connectivity index is 1.74. The van der Waals surface area contributed by atoms with Crippen LogP contribution >= 0.6 is 0 Å². The molecule has 0 aliphatic heterocycles. The molecule has 1 aromatic carbocycles. The molecule has 3 aromatic heterocycles. The first kappa shape index (κ1) is 14.3. The fourth-order valence-electron chi connectivity index (χ4n) is 2.47. The maximum Gasteiger partial charge on any atom is 0.254 e. The van der Waals surface area contributed by atoms with Crippen molar-refractivity contribution < 1.29 is 4.39 Å². The van der Waals surface area contributed by atoms with Gasteiger partial charge in [-0.25, -0.2) is 14.1 Å². The summed E-state index contributed by atoms with van der Waals surface area (Å²) in [6.07, 6.45) is 4.80. The number of nitrogens with zero attached hydrogens (tertiary/aromatic N) is 6. The van der Waals surface area contributed by atoms with Crippen molar-refractivity contribution in [1.29, 1.82) is 0 Å². The second kappa shape index (κ2) is 5.41. The highest BCUT2D eigenvalue weighted by Crippen LogP contribution is 2.23. The van der Waals surface area contributed by atoms with Gasteiger partial charge in [0.2, 0.25) is 0 Å². The highest BCUT2D eigenvalue weighted by Gasteiger charge is 2.13. The predicted molar refractivity (Wildman–Crippen MR) is 87.1 cm³/mol. The topological polar surface area (TPSA) is 72.9 Å². The number of nitrogens with one attached hydrogen (secondary N) is 1. The molecule has 0 saturated heterocycles. The lowest BCUT2D eigenvalue weighted by molar-refractivity contribution is 0.611. The number of benzene rings is 1. The third-order valence-corrected chi connectivity index (χ3v) is 3.85. The molecule has 0 fully saturated rings. The monoisotopic (exact) mass is 323 g/mol. The molecule has 4 aromatic rings. The number of hydrogen-bond donors (Lipinski definition) is 1. The molecule has 0 atom stereocenters. The average Bonchev–Trinajstić information content (AvgIpc) is 3.21. The van der Waals surface area contributed by atoms with Gasteiger partial charge in [-0.05, 0) is 26.0 Å². The summed E-state index contributed by atoms with van der Waals surface area (Å²) in [5.74, 6) is 0.937. The Morgan fingerprint density at radius 2 is 1.96 bits per heavy atom. The molecule has 0 radical (unpaired) electrons. The second-order valence-corrected chi connectivity index (χ2v) is 5.39. The van der Waals surface area contributed by atoms with E-state index in [1.54, 1.807) is 35.1 Å². The van der Waals surface area contributed by atoms with Crippen LogP contribution in [-0.4, -0.2) is 29.4 Å². The van der Waals surface area contributed by atoms with Crippen molar-refractivity contribution in [3.05, 3.63) is 60.1 Å². The molecule has 1 N–H and O–H groups in total. The van der Waals surface area contributed by atoms with Crippen LogP contribution in [0.1, 0.15) is 11.3 Å². The summed E-state index contributed by atoms with van der Waals surface area (Å²) in [7, 11) is 0. The minimum Gasteiger partial charge on any atom is -0.337 e. The van der Waals surface area contributed by atoms with Gasteiger partial charge in [-0.1, -0.05) is 12.1 Å². The van der Waals surface area contributed by atoms with Gasteiger partial charge in [0.1, 0.15) is 23.6 Å². The molecule has 0 amide bonds. The van der Waals surface area contributed by atoms with Crippen LogP contribution in [-0.2, 0) is 0 Å². The first-order chi connectivity index (χ1) is 11.6. The van der Waals surface area contributed by atoms with Crippen LogP contribution in [0.15, 0.2) is 43.0 Å². The highest BCUT2D eigenvalue weighted by molar-refractivity contribution is 5.61. The first-order valence-electron chi connectivity index (χ1n) is 7.37. The second-order valence-electron chi connectivity index (χ2n) is 5.39. The largest absolute Gasteiger partial charge is 0.337 e. The summed E-state index contributed by atoms with van der Waals surface area (Å²) in [5, 5.41) is 11.7. The SMILES string of the molecule is Cc1nc2ncnn2c(Nc2cnn(-c3ccccc3F)c2)c1C. The quantitative estimate of drug-likeness (QED) is 0.627. The molecule has 0 saturated carbocycles. The summed E-state index contributed by atoms with van der Waals surface area (Å²) >= 11 is 0. The van der Waals surface area contributed by atoms with E-state index in [2.05, 4.69) is 25.5 Å². The van der Waals surface area contributed by atoms with Gasteiger partial charge in [-0.3, -0.25) is 0 Å². The van der Waals surface area contributed by atoms with E-state index in [4.69, 9.17) is 0 Å². The van der Waals surface area contributed by atoms with Gasteiger partial charge >= 0.3 is 0 Å². The minimum absolute atomic E-state index is 0.332. The predicted octanol–water partition coefficient (Wildman–Crippen LogP) is 2.81. The Morgan fingerprint density at radius 3 is 2.79 bits per heavy atom. The molecule has 0 spiro atoms. The van der Waals surface area contributed by atoms with Crippen LogP contribution in [0.25, 0.3) is 11.5 Å². The number of rotatable bonds is 3. The number of anilines is 2. The number of hydrogen-bond acceptors (Lipinski definition) is 5. The number of para-hydroxylation sites is 1. The van der Waals surface area contributed by atoms with Gasteiger partial charge in [-0.2, -0.15) is 19.7 Å². The van der Waals surface area contributed by atoms with Crippen molar-refractivity contribution in [3.63, 3.8) is 0 Å². The van der Waals surface area contributed by atoms with Crippen molar-refractivity contribution in [2.75, 3.05) is 5.32 Å². The van der Waals surface area contributed by atoms with Gasteiger partial charge in [0.05, 0.1) is 18.1 Å². The van der Waals surface area contributed by atoms with Crippen LogP contribution in [0.4, 0.5) is 15.9 Å². The van der Waals surface area contributed by atoms with Crippen molar-refractivity contribution in [2.45, 2.75) is 13.8 Å². The number of fused-ring (bicyclic) bond motifs is 1. The zero-order valence-electron chi connectivity index (χ0n) is 13.1. The van der Waals surface area contributed by atoms with Crippen molar-refractivity contribution in [2.24, 2.45) is 0 Å². The Labute approximate surface area is 136 Å². The standard InChI is InChI=1S/C16H14FN7/c1-10-11(2)21-16-18-9-20-24(16)15(10)22-12-7-19-23(8-12)14-6-4-3-5-13(14)17/h3-9,22H,1-2H3. The normalized spacial score (nSPS) is 11.1. The lowest BCUT2D eigenvalue weighted by Crippen LogP contribution is -2.06. The number of aromatic nitrogens is 6. The zero-order valence-corrected chi connectivity index (χ0v) is 13.1. The summed E-state index contributed by atoms with van der Waals surface area (Å²) in [6, 6.07) is 6.48. The van der Waals surface area contributed by atoms with E-state index in [1.165, 1.54) is 17.1 Å². The molecule has 24 heavy (non-hydrogen) atoms. The molecule has 0 aliphatic rings. The van der Waals surface area contributed by atoms with Crippen LogP contribution in [0.2, 0.25) is 0 Å². The summed E-state index contributed by atoms with van der Waals surface area (Å²) in [6.45, 7) is 3.87. The fourth-order valence-corrected chi connectivity index (χ4v) is 2.47. The van der Waals surface area contributed by atoms with Gasteiger partial charge in [0.15, 0.2) is 0 Å². The Kier molecular flexibility index (Phi) is 3.23. The maximum absolute atomic E-state index is 13.9. The molecule has 0 unspecified atom stereocenters. The summed E-state index contributed by atoms with van der Waals surface area (Å²) < 4.78 is 17.0. The third kappa shape index (κ3) is 2.28. The average molecular weight is 323 g/mol.